The van der Waals surface area contributed by atoms with E-state index in [4.69, 9.17) is 9.47 Å². The van der Waals surface area contributed by atoms with E-state index < -0.39 is 11.9 Å². The number of H-pyrrole nitrogens is 1. The van der Waals surface area contributed by atoms with E-state index >= 15 is 0 Å². The second kappa shape index (κ2) is 4.58. The summed E-state index contributed by atoms with van der Waals surface area (Å²) in [6.45, 7) is 1.29. The van der Waals surface area contributed by atoms with Gasteiger partial charge in [-0.2, -0.15) is 0 Å². The Bertz CT molecular complexity index is 615. The van der Waals surface area contributed by atoms with E-state index in [-0.39, 0.29) is 5.92 Å². The van der Waals surface area contributed by atoms with Crippen molar-refractivity contribution in [1.29, 1.82) is 0 Å². The highest BCUT2D eigenvalue weighted by Gasteiger charge is 2.45. The number of ether oxygens (including phenoxy) is 2. The van der Waals surface area contributed by atoms with Gasteiger partial charge < -0.3 is 19.6 Å². The highest BCUT2D eigenvalue weighted by molar-refractivity contribution is 5.83. The third kappa shape index (κ3) is 1.87. The summed E-state index contributed by atoms with van der Waals surface area (Å²) in [7, 11) is 0. The molecule has 0 bridgehead atoms. The summed E-state index contributed by atoms with van der Waals surface area (Å²) >= 11 is 0. The van der Waals surface area contributed by atoms with E-state index in [0.29, 0.717) is 19.6 Å². The molecule has 1 saturated heterocycles. The number of para-hydroxylation sites is 1. The lowest BCUT2D eigenvalue weighted by molar-refractivity contribution is -0.198. The molecule has 1 aliphatic heterocycles. The standard InChI is InChI=1S/C16H19NO3/c18-15-9-16(19-7-8-20-16)6-5-12(15)13-10-17-14-4-2-1-3-11(13)14/h1-4,10,12,15,17-18H,5-9H2. The number of hydrogen-bond donors (Lipinski definition) is 2. The second-order valence-corrected chi connectivity index (χ2v) is 5.81. The van der Waals surface area contributed by atoms with Crippen molar-refractivity contribution >= 4 is 10.9 Å². The predicted molar refractivity (Wildman–Crippen MR) is 75.5 cm³/mol. The van der Waals surface area contributed by atoms with Crippen molar-refractivity contribution in [3.8, 4) is 0 Å². The van der Waals surface area contributed by atoms with E-state index in [2.05, 4.69) is 17.1 Å². The summed E-state index contributed by atoms with van der Waals surface area (Å²) in [4.78, 5) is 3.29. The van der Waals surface area contributed by atoms with Crippen molar-refractivity contribution < 1.29 is 14.6 Å². The van der Waals surface area contributed by atoms with Crippen LogP contribution in [0.25, 0.3) is 10.9 Å². The molecule has 2 atom stereocenters. The third-order valence-corrected chi connectivity index (χ3v) is 4.66. The molecule has 4 nitrogen and oxygen atoms in total. The van der Waals surface area contributed by atoms with Crippen LogP contribution in [0.1, 0.15) is 30.7 Å². The maximum absolute atomic E-state index is 10.6. The third-order valence-electron chi connectivity index (χ3n) is 4.66. The molecule has 2 N–H and O–H groups in total. The molecule has 1 aromatic heterocycles. The lowest BCUT2D eigenvalue weighted by Gasteiger charge is -2.38. The fourth-order valence-corrected chi connectivity index (χ4v) is 3.65. The van der Waals surface area contributed by atoms with E-state index in [9.17, 15) is 5.11 Å². The Balaban J connectivity index is 1.63. The first kappa shape index (κ1) is 12.4. The minimum Gasteiger partial charge on any atom is -0.392 e. The maximum atomic E-state index is 10.6. The molecule has 1 spiro atoms. The molecule has 2 fully saturated rings. The minimum atomic E-state index is -0.526. The number of aliphatic hydroxyl groups excluding tert-OH is 1. The topological polar surface area (TPSA) is 54.5 Å². The Kier molecular flexibility index (Phi) is 2.84. The summed E-state index contributed by atoms with van der Waals surface area (Å²) in [6.07, 6.45) is 3.93. The number of rotatable bonds is 1. The van der Waals surface area contributed by atoms with Crippen molar-refractivity contribution in [1.82, 2.24) is 4.98 Å². The Labute approximate surface area is 117 Å². The first-order valence-corrected chi connectivity index (χ1v) is 7.29. The summed E-state index contributed by atoms with van der Waals surface area (Å²) in [5.41, 5.74) is 2.34. The van der Waals surface area contributed by atoms with Crippen molar-refractivity contribution in [3.05, 3.63) is 36.0 Å². The average Bonchev–Trinajstić information content (AvgIpc) is 3.07. The number of benzene rings is 1. The molecule has 1 aromatic carbocycles. The van der Waals surface area contributed by atoms with Gasteiger partial charge in [0.1, 0.15) is 0 Å². The molecule has 106 valence electrons. The molecule has 2 aliphatic rings. The first-order chi connectivity index (χ1) is 9.77. The van der Waals surface area contributed by atoms with Gasteiger partial charge in [0.05, 0.1) is 19.3 Å². The van der Waals surface area contributed by atoms with E-state index in [1.165, 1.54) is 10.9 Å². The van der Waals surface area contributed by atoms with Crippen LogP contribution in [0.4, 0.5) is 0 Å². The molecular formula is C16H19NO3. The van der Waals surface area contributed by atoms with E-state index in [0.717, 1.165) is 18.4 Å². The molecule has 1 aliphatic carbocycles. The summed E-state index contributed by atoms with van der Waals surface area (Å²) < 4.78 is 11.4. The normalized spacial score (nSPS) is 29.2. The molecule has 0 amide bonds. The number of fused-ring (bicyclic) bond motifs is 1. The highest BCUT2D eigenvalue weighted by atomic mass is 16.7. The van der Waals surface area contributed by atoms with Gasteiger partial charge in [-0.3, -0.25) is 0 Å². The first-order valence-electron chi connectivity index (χ1n) is 7.29. The molecule has 2 heterocycles. The van der Waals surface area contributed by atoms with Gasteiger partial charge in [-0.15, -0.1) is 0 Å². The van der Waals surface area contributed by atoms with Crippen molar-refractivity contribution in [2.75, 3.05) is 13.2 Å². The quantitative estimate of drug-likeness (QED) is 0.839. The van der Waals surface area contributed by atoms with Gasteiger partial charge in [0.2, 0.25) is 0 Å². The fourth-order valence-electron chi connectivity index (χ4n) is 3.65. The van der Waals surface area contributed by atoms with Gasteiger partial charge in [-0.05, 0) is 18.1 Å². The van der Waals surface area contributed by atoms with Crippen LogP contribution in [-0.4, -0.2) is 35.2 Å². The van der Waals surface area contributed by atoms with Crippen LogP contribution in [0.5, 0.6) is 0 Å². The number of nitrogens with one attached hydrogen (secondary N) is 1. The zero-order chi connectivity index (χ0) is 13.6. The molecule has 4 heteroatoms. The predicted octanol–water partition coefficient (Wildman–Crippen LogP) is 2.54. The maximum Gasteiger partial charge on any atom is 0.171 e. The largest absolute Gasteiger partial charge is 0.392 e. The van der Waals surface area contributed by atoms with Crippen LogP contribution in [-0.2, 0) is 9.47 Å². The summed E-state index contributed by atoms with van der Waals surface area (Å²) in [5.74, 6) is -0.369. The van der Waals surface area contributed by atoms with E-state index in [1.54, 1.807) is 0 Å². The molecular weight excluding hydrogens is 254 g/mol. The summed E-state index contributed by atoms with van der Waals surface area (Å²) in [5, 5.41) is 11.8. The van der Waals surface area contributed by atoms with Crippen LogP contribution in [0.2, 0.25) is 0 Å². The SMILES string of the molecule is OC1CC2(CCC1c1c[nH]c3ccccc13)OCCO2. The summed E-state index contributed by atoms with van der Waals surface area (Å²) in [6, 6.07) is 8.24. The highest BCUT2D eigenvalue weighted by Crippen LogP contribution is 2.43. The van der Waals surface area contributed by atoms with Crippen molar-refractivity contribution in [3.63, 3.8) is 0 Å². The van der Waals surface area contributed by atoms with Gasteiger partial charge in [-0.1, -0.05) is 18.2 Å². The Morgan fingerprint density at radius 3 is 2.80 bits per heavy atom. The van der Waals surface area contributed by atoms with Crippen molar-refractivity contribution in [2.45, 2.75) is 37.1 Å². The molecule has 1 saturated carbocycles. The number of aromatic amines is 1. The van der Waals surface area contributed by atoms with Gasteiger partial charge in [0.15, 0.2) is 5.79 Å². The van der Waals surface area contributed by atoms with E-state index in [1.807, 2.05) is 18.3 Å². The van der Waals surface area contributed by atoms with Crippen LogP contribution in [0, 0.1) is 0 Å². The number of hydrogen-bond acceptors (Lipinski definition) is 3. The molecule has 4 rings (SSSR count). The molecule has 2 unspecified atom stereocenters. The lowest BCUT2D eigenvalue weighted by atomic mass is 9.78. The zero-order valence-corrected chi connectivity index (χ0v) is 11.3. The van der Waals surface area contributed by atoms with Crippen LogP contribution in [0.15, 0.2) is 30.5 Å². The molecule has 0 radical (unpaired) electrons. The van der Waals surface area contributed by atoms with Gasteiger partial charge in [-0.25, -0.2) is 0 Å². The minimum absolute atomic E-state index is 0.157. The van der Waals surface area contributed by atoms with Crippen LogP contribution < -0.4 is 0 Å². The van der Waals surface area contributed by atoms with Gasteiger partial charge in [0, 0.05) is 35.9 Å². The lowest BCUT2D eigenvalue weighted by Crippen LogP contribution is -2.42. The van der Waals surface area contributed by atoms with Gasteiger partial charge >= 0.3 is 0 Å². The average molecular weight is 273 g/mol. The Morgan fingerprint density at radius 1 is 1.20 bits per heavy atom. The van der Waals surface area contributed by atoms with Crippen molar-refractivity contribution in [2.24, 2.45) is 0 Å². The molecule has 2 aromatic rings. The number of aromatic nitrogens is 1. The number of aliphatic hydroxyl groups is 1. The molecule has 20 heavy (non-hydrogen) atoms. The zero-order valence-electron chi connectivity index (χ0n) is 11.3. The Morgan fingerprint density at radius 2 is 2.00 bits per heavy atom. The van der Waals surface area contributed by atoms with Gasteiger partial charge in [0.25, 0.3) is 0 Å². The fraction of sp³-hybridized carbons (Fsp3) is 0.500. The van der Waals surface area contributed by atoms with Crippen LogP contribution >= 0.6 is 0 Å². The Hall–Kier alpha value is -1.36. The monoisotopic (exact) mass is 273 g/mol. The van der Waals surface area contributed by atoms with Crippen LogP contribution in [0.3, 0.4) is 0 Å². The smallest absolute Gasteiger partial charge is 0.171 e. The second-order valence-electron chi connectivity index (χ2n) is 5.81.